The normalized spacial score (nSPS) is 20.0. The minimum Gasteiger partial charge on any atom is -0.343 e. The van der Waals surface area contributed by atoms with Gasteiger partial charge in [-0.1, -0.05) is 6.07 Å². The van der Waals surface area contributed by atoms with Crippen LogP contribution >= 0.6 is 0 Å². The maximum Gasteiger partial charge on any atom is 0.227 e. The molecule has 0 heterocycles. The molecular formula is C19H25N3O2. The van der Waals surface area contributed by atoms with Gasteiger partial charge in [0.2, 0.25) is 11.8 Å². The molecule has 2 rings (SSSR count). The zero-order valence-corrected chi connectivity index (χ0v) is 14.4. The predicted octanol–water partition coefficient (Wildman–Crippen LogP) is 3.17. The molecule has 0 atom stereocenters. The summed E-state index contributed by atoms with van der Waals surface area (Å²) in [6.07, 6.45) is 3.01. The Bertz CT molecular complexity index is 624. The second kappa shape index (κ2) is 8.49. The first kappa shape index (κ1) is 18.0. The largest absolute Gasteiger partial charge is 0.343 e. The number of nitrogens with one attached hydrogen (secondary N) is 1. The van der Waals surface area contributed by atoms with Crippen LogP contribution in [0.3, 0.4) is 0 Å². The maximum absolute atomic E-state index is 12.4. The van der Waals surface area contributed by atoms with Crippen LogP contribution in [0.1, 0.15) is 45.1 Å². The van der Waals surface area contributed by atoms with Crippen LogP contribution in [0.15, 0.2) is 24.3 Å². The summed E-state index contributed by atoms with van der Waals surface area (Å²) in [5, 5.41) is 11.8. The lowest BCUT2D eigenvalue weighted by Crippen LogP contribution is -2.38. The molecular weight excluding hydrogens is 302 g/mol. The SMILES string of the molecule is CCN(CC)C(=O)C1CCC(C(=O)Nc2cccc(C#N)c2)CC1. The molecule has 1 aromatic carbocycles. The highest BCUT2D eigenvalue weighted by Gasteiger charge is 2.31. The number of amides is 2. The van der Waals surface area contributed by atoms with Crippen LogP contribution in [0.2, 0.25) is 0 Å². The van der Waals surface area contributed by atoms with Gasteiger partial charge in [-0.3, -0.25) is 9.59 Å². The van der Waals surface area contributed by atoms with Gasteiger partial charge >= 0.3 is 0 Å². The third-order valence-electron chi connectivity index (χ3n) is 4.78. The molecule has 5 nitrogen and oxygen atoms in total. The highest BCUT2D eigenvalue weighted by atomic mass is 16.2. The summed E-state index contributed by atoms with van der Waals surface area (Å²) in [7, 11) is 0. The Kier molecular flexibility index (Phi) is 6.36. The molecule has 128 valence electrons. The summed E-state index contributed by atoms with van der Waals surface area (Å²) in [6, 6.07) is 8.99. The summed E-state index contributed by atoms with van der Waals surface area (Å²) in [4.78, 5) is 26.7. The molecule has 1 saturated carbocycles. The van der Waals surface area contributed by atoms with E-state index in [0.717, 1.165) is 38.8 Å². The Labute approximate surface area is 143 Å². The van der Waals surface area contributed by atoms with Gasteiger partial charge in [-0.25, -0.2) is 0 Å². The second-order valence-electron chi connectivity index (χ2n) is 6.24. The fourth-order valence-corrected chi connectivity index (χ4v) is 3.31. The number of carbonyl (C=O) groups excluding carboxylic acids is 2. The van der Waals surface area contributed by atoms with Crippen LogP contribution in [0.25, 0.3) is 0 Å². The van der Waals surface area contributed by atoms with Gasteiger partial charge in [0.05, 0.1) is 11.6 Å². The molecule has 0 aliphatic heterocycles. The van der Waals surface area contributed by atoms with E-state index in [2.05, 4.69) is 11.4 Å². The minimum atomic E-state index is -0.0588. The molecule has 1 aliphatic rings. The van der Waals surface area contributed by atoms with Crippen LogP contribution in [0.4, 0.5) is 5.69 Å². The molecule has 5 heteroatoms. The van der Waals surface area contributed by atoms with Gasteiger partial charge < -0.3 is 10.2 Å². The zero-order chi connectivity index (χ0) is 17.5. The summed E-state index contributed by atoms with van der Waals surface area (Å²) >= 11 is 0. The number of hydrogen-bond acceptors (Lipinski definition) is 3. The average molecular weight is 327 g/mol. The molecule has 0 saturated heterocycles. The number of carbonyl (C=O) groups is 2. The van der Waals surface area contributed by atoms with Crippen molar-refractivity contribution in [3.8, 4) is 6.07 Å². The minimum absolute atomic E-state index is 0.0150. The van der Waals surface area contributed by atoms with Crippen LogP contribution in [-0.2, 0) is 9.59 Å². The van der Waals surface area contributed by atoms with Crippen LogP contribution in [0, 0.1) is 23.2 Å². The highest BCUT2D eigenvalue weighted by molar-refractivity contribution is 5.93. The van der Waals surface area contributed by atoms with Gasteiger partial charge in [-0.05, 0) is 57.7 Å². The Morgan fingerprint density at radius 1 is 1.17 bits per heavy atom. The standard InChI is InChI=1S/C19H25N3O2/c1-3-22(4-2)19(24)16-10-8-15(9-11-16)18(23)21-17-7-5-6-14(12-17)13-20/h5-7,12,15-16H,3-4,8-11H2,1-2H3,(H,21,23). The van der Waals surface area contributed by atoms with Gasteiger partial charge in [0.1, 0.15) is 0 Å². The van der Waals surface area contributed by atoms with Crippen molar-refractivity contribution >= 4 is 17.5 Å². The third-order valence-corrected chi connectivity index (χ3v) is 4.78. The summed E-state index contributed by atoms with van der Waals surface area (Å²) in [5.41, 5.74) is 1.18. The van der Waals surface area contributed by atoms with E-state index >= 15 is 0 Å². The summed E-state index contributed by atoms with van der Waals surface area (Å²) in [6.45, 7) is 5.47. The number of rotatable bonds is 5. The fraction of sp³-hybridized carbons (Fsp3) is 0.526. The van der Waals surface area contributed by atoms with Crippen molar-refractivity contribution in [2.24, 2.45) is 11.8 Å². The van der Waals surface area contributed by atoms with E-state index in [4.69, 9.17) is 5.26 Å². The number of nitrogens with zero attached hydrogens (tertiary/aromatic N) is 2. The van der Waals surface area contributed by atoms with Gasteiger partial charge in [0, 0.05) is 30.6 Å². The molecule has 1 aromatic rings. The first-order valence-corrected chi connectivity index (χ1v) is 8.68. The monoisotopic (exact) mass is 327 g/mol. The van der Waals surface area contributed by atoms with Crippen LogP contribution < -0.4 is 5.32 Å². The number of nitriles is 1. The van der Waals surface area contributed by atoms with Gasteiger partial charge in [-0.15, -0.1) is 0 Å². The van der Waals surface area contributed by atoms with E-state index in [0.29, 0.717) is 11.3 Å². The molecule has 1 aliphatic carbocycles. The van der Waals surface area contributed by atoms with Crippen molar-refractivity contribution < 1.29 is 9.59 Å². The third kappa shape index (κ3) is 4.35. The molecule has 0 radical (unpaired) electrons. The number of anilines is 1. The average Bonchev–Trinajstić information content (AvgIpc) is 2.63. The molecule has 0 spiro atoms. The Morgan fingerprint density at radius 3 is 2.38 bits per heavy atom. The van der Waals surface area contributed by atoms with E-state index in [1.165, 1.54) is 0 Å². The Hall–Kier alpha value is -2.35. The lowest BCUT2D eigenvalue weighted by Gasteiger charge is -2.30. The summed E-state index contributed by atoms with van der Waals surface area (Å²) < 4.78 is 0. The number of benzene rings is 1. The highest BCUT2D eigenvalue weighted by Crippen LogP contribution is 2.31. The first-order valence-electron chi connectivity index (χ1n) is 8.68. The van der Waals surface area contributed by atoms with Crippen LogP contribution in [-0.4, -0.2) is 29.8 Å². The molecule has 0 bridgehead atoms. The maximum atomic E-state index is 12.4. The van der Waals surface area contributed by atoms with Gasteiger partial charge in [0.25, 0.3) is 0 Å². The molecule has 2 amide bonds. The van der Waals surface area contributed by atoms with Crippen molar-refractivity contribution in [2.45, 2.75) is 39.5 Å². The predicted molar refractivity (Wildman–Crippen MR) is 93.2 cm³/mol. The van der Waals surface area contributed by atoms with Crippen molar-refractivity contribution in [1.29, 1.82) is 5.26 Å². The smallest absolute Gasteiger partial charge is 0.227 e. The molecule has 1 N–H and O–H groups in total. The van der Waals surface area contributed by atoms with Crippen LogP contribution in [0.5, 0.6) is 0 Å². The Morgan fingerprint density at radius 2 is 1.79 bits per heavy atom. The summed E-state index contributed by atoms with van der Waals surface area (Å²) in [5.74, 6) is 0.201. The molecule has 0 aromatic heterocycles. The van der Waals surface area contributed by atoms with E-state index in [1.807, 2.05) is 18.7 Å². The second-order valence-corrected chi connectivity index (χ2v) is 6.24. The van der Waals surface area contributed by atoms with E-state index in [1.54, 1.807) is 24.3 Å². The Balaban J connectivity index is 1.88. The van der Waals surface area contributed by atoms with Gasteiger partial charge in [0.15, 0.2) is 0 Å². The number of hydrogen-bond donors (Lipinski definition) is 1. The van der Waals surface area contributed by atoms with E-state index in [9.17, 15) is 9.59 Å². The molecule has 1 fully saturated rings. The molecule has 24 heavy (non-hydrogen) atoms. The van der Waals surface area contributed by atoms with Crippen molar-refractivity contribution in [3.05, 3.63) is 29.8 Å². The fourth-order valence-electron chi connectivity index (χ4n) is 3.31. The lowest BCUT2D eigenvalue weighted by molar-refractivity contribution is -0.137. The first-order chi connectivity index (χ1) is 11.6. The topological polar surface area (TPSA) is 73.2 Å². The van der Waals surface area contributed by atoms with Crippen molar-refractivity contribution in [3.63, 3.8) is 0 Å². The zero-order valence-electron chi connectivity index (χ0n) is 14.4. The van der Waals surface area contributed by atoms with Crippen molar-refractivity contribution in [1.82, 2.24) is 4.90 Å². The van der Waals surface area contributed by atoms with Crippen molar-refractivity contribution in [2.75, 3.05) is 18.4 Å². The molecule has 0 unspecified atom stereocenters. The van der Waals surface area contributed by atoms with Gasteiger partial charge in [-0.2, -0.15) is 5.26 Å². The van der Waals surface area contributed by atoms with E-state index < -0.39 is 0 Å². The lowest BCUT2D eigenvalue weighted by atomic mass is 9.81. The quantitative estimate of drug-likeness (QED) is 0.902. The van der Waals surface area contributed by atoms with E-state index in [-0.39, 0.29) is 23.7 Å².